The summed E-state index contributed by atoms with van der Waals surface area (Å²) < 4.78 is 20.0. The molecule has 0 saturated heterocycles. The van der Waals surface area contributed by atoms with Crippen LogP contribution < -0.4 is 38.5 Å². The molecule has 0 atom stereocenters. The largest absolute Gasteiger partial charge is 0.456 e. The van der Waals surface area contributed by atoms with E-state index in [9.17, 15) is 0 Å². The van der Waals surface area contributed by atoms with Crippen LogP contribution in [0.25, 0.3) is 93.8 Å². The van der Waals surface area contributed by atoms with Crippen molar-refractivity contribution in [1.29, 1.82) is 0 Å². The summed E-state index contributed by atoms with van der Waals surface area (Å²) in [6, 6.07) is 44.4. The Labute approximate surface area is 418 Å². The smallest absolute Gasteiger partial charge is 0.340 e. The molecule has 0 fully saturated rings. The summed E-state index contributed by atoms with van der Waals surface area (Å²) in [7, 11) is 0. The van der Waals surface area contributed by atoms with Crippen LogP contribution >= 0.6 is 0 Å². The fourth-order valence-corrected chi connectivity index (χ4v) is 14.2. The number of aryl methyl sites for hydroxylation is 9. The molecule has 0 aliphatic carbocycles. The summed E-state index contributed by atoms with van der Waals surface area (Å²) in [4.78, 5) is 16.5. The van der Waals surface area contributed by atoms with Crippen LogP contribution in [-0.4, -0.2) is 26.8 Å². The Hall–Kier alpha value is -7.96. The predicted octanol–water partition coefficient (Wildman–Crippen LogP) is 11.6. The zero-order chi connectivity index (χ0) is 49.5. The topological polar surface area (TPSA) is 57.1 Å². The van der Waals surface area contributed by atoms with Crippen LogP contribution in [0.15, 0.2) is 135 Å². The van der Waals surface area contributed by atoms with E-state index in [-0.39, 0.29) is 19.1 Å². The molecule has 0 saturated carbocycles. The number of benzene rings is 8. The number of hydrogen-bond donors (Lipinski definition) is 0. The zero-order valence-corrected chi connectivity index (χ0v) is 42.8. The first-order valence-corrected chi connectivity index (χ1v) is 25.6. The van der Waals surface area contributed by atoms with Gasteiger partial charge in [-0.3, -0.25) is 4.57 Å². The van der Waals surface area contributed by atoms with Gasteiger partial charge in [-0.25, -0.2) is 13.6 Å². The molecule has 2 aliphatic heterocycles. The Morgan fingerprint density at radius 2 is 0.792 bits per heavy atom. The maximum atomic E-state index is 16.5. The van der Waals surface area contributed by atoms with Gasteiger partial charge in [0, 0.05) is 38.0 Å². The van der Waals surface area contributed by atoms with E-state index in [0.717, 1.165) is 93.6 Å². The van der Waals surface area contributed by atoms with E-state index in [0.29, 0.717) is 0 Å². The van der Waals surface area contributed by atoms with Gasteiger partial charge in [-0.15, -0.1) is 0 Å². The first-order chi connectivity index (χ1) is 34.8. The lowest BCUT2D eigenvalue weighted by Crippen LogP contribution is -2.65. The minimum absolute atomic E-state index is 0.0883. The minimum Gasteiger partial charge on any atom is -0.456 e. The number of nitrogens with zero attached hydrogens (tertiary/aromatic N) is 3. The van der Waals surface area contributed by atoms with E-state index in [1.54, 1.807) is 0 Å². The summed E-state index contributed by atoms with van der Waals surface area (Å²) in [5.74, 6) is 0. The van der Waals surface area contributed by atoms with Crippen molar-refractivity contribution < 1.29 is 8.83 Å². The van der Waals surface area contributed by atoms with Crippen molar-refractivity contribution in [1.82, 2.24) is 13.4 Å². The molecule has 348 valence electrons. The van der Waals surface area contributed by atoms with E-state index < -0.39 is 0 Å². The molecule has 8 aromatic carbocycles. The predicted molar refractivity (Wildman–Crippen MR) is 305 cm³/mol. The summed E-state index contributed by atoms with van der Waals surface area (Å²) >= 11 is 0. The lowest BCUT2D eigenvalue weighted by Gasteiger charge is -2.36. The molecule has 2 aliphatic rings. The Kier molecular flexibility index (Phi) is 8.81. The van der Waals surface area contributed by atoms with Crippen LogP contribution in [0, 0.1) is 62.3 Å². The third-order valence-corrected chi connectivity index (χ3v) is 16.4. The van der Waals surface area contributed by atoms with E-state index in [2.05, 4.69) is 164 Å². The number of aromatic nitrogens is 3. The summed E-state index contributed by atoms with van der Waals surface area (Å²) in [6.07, 6.45) is 0. The molecule has 0 unspecified atom stereocenters. The van der Waals surface area contributed by atoms with E-state index >= 15 is 4.79 Å². The fourth-order valence-electron chi connectivity index (χ4n) is 14.2. The molecule has 0 amide bonds. The summed E-state index contributed by atoms with van der Waals surface area (Å²) in [6.45, 7) is 23.8. The van der Waals surface area contributed by atoms with E-state index in [1.807, 2.05) is 46.9 Å². The average molecular weight is 934 g/mol. The van der Waals surface area contributed by atoms with E-state index in [4.69, 9.17) is 8.83 Å². The van der Waals surface area contributed by atoms with Crippen molar-refractivity contribution in [2.75, 3.05) is 0 Å². The average Bonchev–Trinajstić information content (AvgIpc) is 4.08. The Bertz CT molecular complexity index is 4360. The number of furan rings is 2. The van der Waals surface area contributed by atoms with Gasteiger partial charge in [0.25, 0.3) is 0 Å². The van der Waals surface area contributed by atoms with Crippen molar-refractivity contribution in [3.05, 3.63) is 182 Å². The molecule has 15 rings (SSSR count). The molecule has 13 aromatic rings. The highest BCUT2D eigenvalue weighted by Crippen LogP contribution is 2.39. The minimum atomic E-state index is -0.225. The Balaban J connectivity index is 0.00000238. The van der Waals surface area contributed by atoms with Crippen LogP contribution in [0.3, 0.4) is 0 Å². The van der Waals surface area contributed by atoms with Crippen molar-refractivity contribution in [2.24, 2.45) is 0 Å². The molecule has 0 bridgehead atoms. The van der Waals surface area contributed by atoms with Crippen molar-refractivity contribution >= 4 is 123 Å². The van der Waals surface area contributed by atoms with Crippen LogP contribution in [0.1, 0.15) is 63.9 Å². The molecule has 0 spiro atoms. The fraction of sp³-hybridized carbons (Fsp3) is 0.172. The van der Waals surface area contributed by atoms with Gasteiger partial charge in [0.2, 0.25) is 13.4 Å². The van der Waals surface area contributed by atoms with Crippen LogP contribution in [0.5, 0.6) is 0 Å². The molecule has 72 heavy (non-hydrogen) atoms. The molecule has 5 aromatic heterocycles. The van der Waals surface area contributed by atoms with Crippen LogP contribution in [-0.2, 0) is 0 Å². The standard InChI is InChI=1S/C62H47B2N3O3.C2H6/c1-30-18-33(4)54(34(5)19-30)39-24-46-59-47(25-39)64(56-37(8)22-32(3)23-38(56)9)58-45-29-53-43(41-15-11-13-17-51(41)70-53)27-49(45)66-61(58)67(59)60-57(63(46)55-35(6)20-31(2)21-36(55)7)44-28-52-42(26-48(44)65(60)62(66)68)40-14-10-12-16-50(40)69-52;1-2/h10-29H,1-9H3;1-2H3. The number of para-hydroxylation sites is 2. The Morgan fingerprint density at radius 3 is 1.21 bits per heavy atom. The molecule has 0 N–H and O–H groups in total. The lowest BCUT2D eigenvalue weighted by atomic mass is 9.30. The third kappa shape index (κ3) is 5.44. The first kappa shape index (κ1) is 42.9. The van der Waals surface area contributed by atoms with Gasteiger partial charge in [0.05, 0.1) is 11.0 Å². The SMILES string of the molecule is CC.Cc1cc(C)c(B2c3cc(-c4c(C)cc(C)cc4C)cc4c3-n3c5c2c2cc6oc7ccccc7c6cc2n5c(=O)n2c5cc6c(cc5c(c32)B4c2c(C)cc(C)cc2C)oc2ccccc26)c(C)c1. The maximum absolute atomic E-state index is 16.5. The molecule has 7 heterocycles. The van der Waals surface area contributed by atoms with Crippen LogP contribution in [0.4, 0.5) is 0 Å². The zero-order valence-electron chi connectivity index (χ0n) is 42.8. The van der Waals surface area contributed by atoms with Gasteiger partial charge in [0.15, 0.2) is 0 Å². The van der Waals surface area contributed by atoms with Crippen molar-refractivity contribution in [3.8, 4) is 16.8 Å². The number of fused-ring (bicyclic) bond motifs is 12. The Morgan fingerprint density at radius 1 is 0.403 bits per heavy atom. The van der Waals surface area contributed by atoms with Gasteiger partial charge in [-0.2, -0.15) is 0 Å². The van der Waals surface area contributed by atoms with Crippen LogP contribution in [0.2, 0.25) is 0 Å². The molecular weight excluding hydrogens is 880 g/mol. The van der Waals surface area contributed by atoms with Gasteiger partial charge < -0.3 is 8.83 Å². The first-order valence-electron chi connectivity index (χ1n) is 25.6. The monoisotopic (exact) mass is 933 g/mol. The molecular formula is C64H53B2N3O3. The van der Waals surface area contributed by atoms with E-state index in [1.165, 1.54) is 83.0 Å². The third-order valence-electron chi connectivity index (χ3n) is 16.4. The van der Waals surface area contributed by atoms with Gasteiger partial charge in [-0.05, 0) is 143 Å². The lowest BCUT2D eigenvalue weighted by molar-refractivity contribution is 0.669. The number of rotatable bonds is 3. The van der Waals surface area contributed by atoms with Gasteiger partial charge in [-0.1, -0.05) is 149 Å². The van der Waals surface area contributed by atoms with Crippen molar-refractivity contribution in [2.45, 2.75) is 76.2 Å². The summed E-state index contributed by atoms with van der Waals surface area (Å²) in [5, 5.41) is 6.09. The second-order valence-electron chi connectivity index (χ2n) is 21.0. The molecule has 0 radical (unpaired) electrons. The summed E-state index contributed by atoms with van der Waals surface area (Å²) in [5.41, 5.74) is 28.8. The molecule has 8 heteroatoms. The highest BCUT2D eigenvalue weighted by Gasteiger charge is 2.46. The quantitative estimate of drug-likeness (QED) is 0.166. The normalized spacial score (nSPS) is 12.9. The van der Waals surface area contributed by atoms with Crippen molar-refractivity contribution in [3.63, 3.8) is 0 Å². The second-order valence-corrected chi connectivity index (χ2v) is 21.0. The van der Waals surface area contributed by atoms with Gasteiger partial charge >= 0.3 is 5.69 Å². The van der Waals surface area contributed by atoms with Gasteiger partial charge in [0.1, 0.15) is 33.6 Å². The highest BCUT2D eigenvalue weighted by molar-refractivity contribution is 7.03. The molecule has 6 nitrogen and oxygen atoms in total. The number of hydrogen-bond acceptors (Lipinski definition) is 3. The highest BCUT2D eigenvalue weighted by atomic mass is 16.3. The maximum Gasteiger partial charge on any atom is 0.340 e. The second kappa shape index (κ2) is 14.8.